The van der Waals surface area contributed by atoms with Gasteiger partial charge in [0.05, 0.1) is 25.3 Å². The Bertz CT molecular complexity index is 504. The molecule has 1 aliphatic rings. The molecule has 6 heteroatoms. The average molecular weight is 331 g/mol. The van der Waals surface area contributed by atoms with Crippen LogP contribution in [0.2, 0.25) is 10.0 Å². The zero-order valence-corrected chi connectivity index (χ0v) is 13.7. The first-order chi connectivity index (χ1) is 9.99. The Kier molecular flexibility index (Phi) is 5.88. The highest BCUT2D eigenvalue weighted by molar-refractivity contribution is 6.35. The van der Waals surface area contributed by atoms with Gasteiger partial charge in [-0.15, -0.1) is 0 Å². The van der Waals surface area contributed by atoms with E-state index < -0.39 is 0 Å². The van der Waals surface area contributed by atoms with Crippen LogP contribution in [0.3, 0.4) is 0 Å². The first-order valence-electron chi connectivity index (χ1n) is 7.06. The van der Waals surface area contributed by atoms with E-state index in [1.807, 2.05) is 19.9 Å². The average Bonchev–Trinajstić information content (AvgIpc) is 2.47. The maximum Gasteiger partial charge on any atom is 0.237 e. The molecule has 0 unspecified atom stereocenters. The highest BCUT2D eigenvalue weighted by atomic mass is 35.5. The third kappa shape index (κ3) is 4.33. The molecule has 0 radical (unpaired) electrons. The van der Waals surface area contributed by atoms with E-state index in [2.05, 4.69) is 10.2 Å². The third-order valence-corrected chi connectivity index (χ3v) is 4.32. The van der Waals surface area contributed by atoms with Gasteiger partial charge in [-0.2, -0.15) is 0 Å². The smallest absolute Gasteiger partial charge is 0.237 e. The molecule has 0 bridgehead atoms. The van der Waals surface area contributed by atoms with Crippen molar-refractivity contribution in [2.24, 2.45) is 0 Å². The molecule has 1 aliphatic heterocycles. The molecule has 116 valence electrons. The zero-order chi connectivity index (χ0) is 15.4. The number of hydrogen-bond acceptors (Lipinski definition) is 3. The van der Waals surface area contributed by atoms with E-state index in [4.69, 9.17) is 27.9 Å². The molecule has 1 amide bonds. The summed E-state index contributed by atoms with van der Waals surface area (Å²) in [7, 11) is 0. The number of carbonyl (C=O) groups is 1. The second-order valence-corrected chi connectivity index (χ2v) is 6.06. The van der Waals surface area contributed by atoms with Gasteiger partial charge in [-0.25, -0.2) is 0 Å². The fourth-order valence-corrected chi connectivity index (χ4v) is 2.97. The van der Waals surface area contributed by atoms with E-state index in [9.17, 15) is 4.79 Å². The molecule has 0 aromatic heterocycles. The van der Waals surface area contributed by atoms with E-state index in [1.54, 1.807) is 12.1 Å². The standard InChI is InChI=1S/C15H20Cl2N2O2/c1-10(13-4-3-12(16)9-14(13)17)18-15(20)11(2)19-5-7-21-8-6-19/h3-4,9-11H,5-8H2,1-2H3,(H,18,20)/t10-,11-/m0/s1. The van der Waals surface area contributed by atoms with Crippen LogP contribution in [0.25, 0.3) is 0 Å². The van der Waals surface area contributed by atoms with Crippen LogP contribution >= 0.6 is 23.2 Å². The molecule has 1 aromatic carbocycles. The van der Waals surface area contributed by atoms with Crippen LogP contribution < -0.4 is 5.32 Å². The minimum absolute atomic E-state index is 0.00424. The number of amides is 1. The lowest BCUT2D eigenvalue weighted by Crippen LogP contribution is -2.50. The fourth-order valence-electron chi connectivity index (χ4n) is 2.40. The lowest BCUT2D eigenvalue weighted by molar-refractivity contribution is -0.128. The Labute approximate surface area is 135 Å². The Morgan fingerprint density at radius 3 is 2.57 bits per heavy atom. The van der Waals surface area contributed by atoms with E-state index in [-0.39, 0.29) is 18.0 Å². The first-order valence-corrected chi connectivity index (χ1v) is 7.81. The van der Waals surface area contributed by atoms with Crippen molar-refractivity contribution in [3.05, 3.63) is 33.8 Å². The Hall–Kier alpha value is -0.810. The molecule has 2 atom stereocenters. The summed E-state index contributed by atoms with van der Waals surface area (Å²) in [5.41, 5.74) is 0.864. The predicted molar refractivity (Wildman–Crippen MR) is 84.9 cm³/mol. The largest absolute Gasteiger partial charge is 0.379 e. The first kappa shape index (κ1) is 16.6. The quantitative estimate of drug-likeness (QED) is 0.922. The fraction of sp³-hybridized carbons (Fsp3) is 0.533. The molecule has 4 nitrogen and oxygen atoms in total. The van der Waals surface area contributed by atoms with Gasteiger partial charge < -0.3 is 10.1 Å². The van der Waals surface area contributed by atoms with Gasteiger partial charge in [0.1, 0.15) is 0 Å². The molecule has 1 fully saturated rings. The molecule has 0 aliphatic carbocycles. The summed E-state index contributed by atoms with van der Waals surface area (Å²) in [6.07, 6.45) is 0. The number of benzene rings is 1. The third-order valence-electron chi connectivity index (χ3n) is 3.76. The summed E-state index contributed by atoms with van der Waals surface area (Å²) in [5, 5.41) is 4.16. The van der Waals surface area contributed by atoms with E-state index in [1.165, 1.54) is 0 Å². The molecular weight excluding hydrogens is 311 g/mol. The molecule has 2 rings (SSSR count). The van der Waals surface area contributed by atoms with Gasteiger partial charge in [0.25, 0.3) is 0 Å². The van der Waals surface area contributed by atoms with Crippen molar-refractivity contribution < 1.29 is 9.53 Å². The van der Waals surface area contributed by atoms with Crippen molar-refractivity contribution >= 4 is 29.1 Å². The minimum Gasteiger partial charge on any atom is -0.379 e. The van der Waals surface area contributed by atoms with Crippen molar-refractivity contribution in [2.45, 2.75) is 25.9 Å². The molecule has 21 heavy (non-hydrogen) atoms. The number of hydrogen-bond donors (Lipinski definition) is 1. The van der Waals surface area contributed by atoms with Gasteiger partial charge in [-0.05, 0) is 31.5 Å². The number of carbonyl (C=O) groups excluding carboxylic acids is 1. The van der Waals surface area contributed by atoms with Crippen molar-refractivity contribution in [3.63, 3.8) is 0 Å². The molecule has 1 heterocycles. The number of rotatable bonds is 4. The molecule has 1 N–H and O–H groups in total. The normalized spacial score (nSPS) is 19.0. The monoisotopic (exact) mass is 330 g/mol. The van der Waals surface area contributed by atoms with Crippen LogP contribution in [0.1, 0.15) is 25.5 Å². The van der Waals surface area contributed by atoms with Crippen LogP contribution in [-0.2, 0) is 9.53 Å². The van der Waals surface area contributed by atoms with E-state index >= 15 is 0 Å². The second kappa shape index (κ2) is 7.45. The second-order valence-electron chi connectivity index (χ2n) is 5.22. The highest BCUT2D eigenvalue weighted by Crippen LogP contribution is 2.26. The highest BCUT2D eigenvalue weighted by Gasteiger charge is 2.24. The summed E-state index contributed by atoms with van der Waals surface area (Å²) in [4.78, 5) is 14.5. The van der Waals surface area contributed by atoms with Gasteiger partial charge in [-0.1, -0.05) is 29.3 Å². The van der Waals surface area contributed by atoms with Crippen molar-refractivity contribution in [1.82, 2.24) is 10.2 Å². The lowest BCUT2D eigenvalue weighted by Gasteiger charge is -2.32. The summed E-state index contributed by atoms with van der Waals surface area (Å²) in [6.45, 7) is 6.75. The SMILES string of the molecule is C[C@H](NC(=O)[C@H](C)N1CCOCC1)c1ccc(Cl)cc1Cl. The van der Waals surface area contributed by atoms with Crippen LogP contribution in [0.5, 0.6) is 0 Å². The van der Waals surface area contributed by atoms with Crippen LogP contribution in [0, 0.1) is 0 Å². The summed E-state index contributed by atoms with van der Waals surface area (Å²) in [6, 6.07) is 4.96. The van der Waals surface area contributed by atoms with Gasteiger partial charge >= 0.3 is 0 Å². The number of halogens is 2. The molecule has 0 spiro atoms. The van der Waals surface area contributed by atoms with E-state index in [0.717, 1.165) is 18.7 Å². The van der Waals surface area contributed by atoms with Gasteiger partial charge in [0, 0.05) is 23.1 Å². The van der Waals surface area contributed by atoms with Crippen molar-refractivity contribution in [1.29, 1.82) is 0 Å². The van der Waals surface area contributed by atoms with E-state index in [0.29, 0.717) is 23.3 Å². The maximum atomic E-state index is 12.3. The Morgan fingerprint density at radius 1 is 1.29 bits per heavy atom. The molecule has 0 saturated carbocycles. The number of morpholine rings is 1. The van der Waals surface area contributed by atoms with Crippen LogP contribution in [-0.4, -0.2) is 43.2 Å². The lowest BCUT2D eigenvalue weighted by atomic mass is 10.1. The molecule has 1 saturated heterocycles. The van der Waals surface area contributed by atoms with Gasteiger partial charge in [0.15, 0.2) is 0 Å². The van der Waals surface area contributed by atoms with Crippen molar-refractivity contribution in [2.75, 3.05) is 26.3 Å². The maximum absolute atomic E-state index is 12.3. The summed E-state index contributed by atoms with van der Waals surface area (Å²) >= 11 is 12.1. The summed E-state index contributed by atoms with van der Waals surface area (Å²) < 4.78 is 5.30. The van der Waals surface area contributed by atoms with Gasteiger partial charge in [0.2, 0.25) is 5.91 Å². The topological polar surface area (TPSA) is 41.6 Å². The minimum atomic E-state index is -0.178. The molecular formula is C15H20Cl2N2O2. The van der Waals surface area contributed by atoms with Crippen LogP contribution in [0.15, 0.2) is 18.2 Å². The van der Waals surface area contributed by atoms with Crippen LogP contribution in [0.4, 0.5) is 0 Å². The number of ether oxygens (including phenoxy) is 1. The Balaban J connectivity index is 1.97. The molecule has 1 aromatic rings. The Morgan fingerprint density at radius 2 is 1.95 bits per heavy atom. The number of nitrogens with zero attached hydrogens (tertiary/aromatic N) is 1. The van der Waals surface area contributed by atoms with Crippen molar-refractivity contribution in [3.8, 4) is 0 Å². The van der Waals surface area contributed by atoms with Gasteiger partial charge in [-0.3, -0.25) is 9.69 Å². The number of nitrogens with one attached hydrogen (secondary N) is 1. The predicted octanol–water partition coefficient (Wildman–Crippen LogP) is 2.89. The summed E-state index contributed by atoms with van der Waals surface area (Å²) in [5.74, 6) is -0.00424. The zero-order valence-electron chi connectivity index (χ0n) is 12.2.